The van der Waals surface area contributed by atoms with Gasteiger partial charge in [-0.2, -0.15) is 5.26 Å². The van der Waals surface area contributed by atoms with Gasteiger partial charge in [0.25, 0.3) is 5.91 Å². The molecule has 2 rings (SSSR count). The Morgan fingerprint density at radius 2 is 1.85 bits per heavy atom. The van der Waals surface area contributed by atoms with Crippen LogP contribution in [0.4, 0.5) is 5.69 Å². The van der Waals surface area contributed by atoms with E-state index in [-0.39, 0.29) is 10.6 Å². The number of hydrogen-bond acceptors (Lipinski definition) is 4. The minimum Gasteiger partial charge on any atom is -0.451 e. The molecule has 0 atom stereocenters. The zero-order valence-electron chi connectivity index (χ0n) is 13.8. The van der Waals surface area contributed by atoms with E-state index in [9.17, 15) is 9.59 Å². The zero-order chi connectivity index (χ0) is 19.1. The van der Waals surface area contributed by atoms with Gasteiger partial charge in [-0.1, -0.05) is 53.0 Å². The van der Waals surface area contributed by atoms with Gasteiger partial charge in [-0.25, -0.2) is 4.79 Å². The van der Waals surface area contributed by atoms with Gasteiger partial charge < -0.3 is 10.1 Å². The maximum absolute atomic E-state index is 12.0. The molecule has 1 N–H and O–H groups in total. The van der Waals surface area contributed by atoms with Crippen LogP contribution in [0.3, 0.4) is 0 Å². The lowest BCUT2D eigenvalue weighted by Crippen LogP contribution is -2.21. The summed E-state index contributed by atoms with van der Waals surface area (Å²) in [6.45, 7) is 1.39. The van der Waals surface area contributed by atoms with Crippen molar-refractivity contribution in [3.63, 3.8) is 0 Å². The largest absolute Gasteiger partial charge is 0.451 e. The summed E-state index contributed by atoms with van der Waals surface area (Å²) in [5, 5.41) is 12.3. The molecule has 2 aromatic rings. The lowest BCUT2D eigenvalue weighted by molar-refractivity contribution is -0.142. The van der Waals surface area contributed by atoms with Gasteiger partial charge in [0.05, 0.1) is 10.0 Å². The third-order valence-electron chi connectivity index (χ3n) is 3.27. The maximum atomic E-state index is 12.0. The van der Waals surface area contributed by atoms with Crippen molar-refractivity contribution in [1.29, 1.82) is 5.26 Å². The highest BCUT2D eigenvalue weighted by Crippen LogP contribution is 2.24. The molecule has 0 aliphatic rings. The number of carbonyl (C=O) groups is 2. The topological polar surface area (TPSA) is 79.2 Å². The average Bonchev–Trinajstić information content (AvgIpc) is 2.62. The molecule has 5 nitrogen and oxygen atoms in total. The van der Waals surface area contributed by atoms with Crippen LogP contribution in [0.25, 0.3) is 6.08 Å². The summed E-state index contributed by atoms with van der Waals surface area (Å²) in [5.41, 5.74) is 1.96. The van der Waals surface area contributed by atoms with Crippen LogP contribution in [0, 0.1) is 18.3 Å². The van der Waals surface area contributed by atoms with E-state index in [0.717, 1.165) is 5.56 Å². The Morgan fingerprint density at radius 1 is 1.15 bits per heavy atom. The van der Waals surface area contributed by atoms with Gasteiger partial charge in [0.1, 0.15) is 11.6 Å². The number of nitriles is 1. The number of amides is 1. The minimum absolute atomic E-state index is 0.198. The van der Waals surface area contributed by atoms with Gasteiger partial charge in [0, 0.05) is 5.69 Å². The second-order valence-electron chi connectivity index (χ2n) is 5.33. The lowest BCUT2D eigenvalue weighted by Gasteiger charge is -2.07. The predicted octanol–water partition coefficient (Wildman–Crippen LogP) is 4.39. The second-order valence-corrected chi connectivity index (χ2v) is 6.15. The van der Waals surface area contributed by atoms with E-state index in [4.69, 9.17) is 33.2 Å². The molecule has 0 saturated heterocycles. The number of nitrogens with one attached hydrogen (secondary N) is 1. The number of hydrogen-bond donors (Lipinski definition) is 1. The average molecular weight is 389 g/mol. The fraction of sp³-hybridized carbons (Fsp3) is 0.105. The van der Waals surface area contributed by atoms with Crippen LogP contribution in [0.2, 0.25) is 10.0 Å². The number of anilines is 1. The van der Waals surface area contributed by atoms with Crippen molar-refractivity contribution >= 4 is 46.8 Å². The molecule has 0 unspecified atom stereocenters. The fourth-order valence-electron chi connectivity index (χ4n) is 1.95. The van der Waals surface area contributed by atoms with E-state index in [1.165, 1.54) is 18.2 Å². The molecule has 0 fully saturated rings. The van der Waals surface area contributed by atoms with Crippen molar-refractivity contribution in [1.82, 2.24) is 0 Å². The molecule has 0 aliphatic carbocycles. The van der Waals surface area contributed by atoms with Gasteiger partial charge in [0.2, 0.25) is 0 Å². The van der Waals surface area contributed by atoms with Gasteiger partial charge in [-0.05, 0) is 36.8 Å². The van der Waals surface area contributed by atoms with Crippen molar-refractivity contribution in [2.45, 2.75) is 6.92 Å². The summed E-state index contributed by atoms with van der Waals surface area (Å²) in [6.07, 6.45) is 1.40. The highest BCUT2D eigenvalue weighted by atomic mass is 35.5. The van der Waals surface area contributed by atoms with E-state index in [1.54, 1.807) is 24.3 Å². The fourth-order valence-corrected chi connectivity index (χ4v) is 2.24. The minimum atomic E-state index is -0.877. The van der Waals surface area contributed by atoms with Gasteiger partial charge in [-0.3, -0.25) is 4.79 Å². The number of esters is 1. The molecule has 2 aromatic carbocycles. The number of nitrogens with zero attached hydrogens (tertiary/aromatic N) is 1. The Morgan fingerprint density at radius 3 is 2.46 bits per heavy atom. The Bertz CT molecular complexity index is 900. The predicted molar refractivity (Wildman–Crippen MR) is 101 cm³/mol. The van der Waals surface area contributed by atoms with Crippen LogP contribution < -0.4 is 5.32 Å². The zero-order valence-corrected chi connectivity index (χ0v) is 15.3. The molecule has 132 valence electrons. The first kappa shape index (κ1) is 19.5. The summed E-state index contributed by atoms with van der Waals surface area (Å²) in [5.74, 6) is -1.44. The van der Waals surface area contributed by atoms with E-state index >= 15 is 0 Å². The Hall–Kier alpha value is -2.81. The molecule has 0 aromatic heterocycles. The number of ether oxygens (including phenoxy) is 1. The van der Waals surface area contributed by atoms with Gasteiger partial charge in [-0.15, -0.1) is 0 Å². The number of halogens is 2. The maximum Gasteiger partial charge on any atom is 0.349 e. The Kier molecular flexibility index (Phi) is 6.79. The van der Waals surface area contributed by atoms with Crippen molar-refractivity contribution in [2.75, 3.05) is 11.9 Å². The molecular weight excluding hydrogens is 375 g/mol. The number of benzene rings is 2. The normalized spacial score (nSPS) is 10.8. The van der Waals surface area contributed by atoms with E-state index in [1.807, 2.05) is 19.1 Å². The molecule has 0 heterocycles. The molecule has 0 aliphatic heterocycles. The number of carbonyl (C=O) groups excluding carboxylic acids is 2. The van der Waals surface area contributed by atoms with Crippen LogP contribution >= 0.6 is 23.2 Å². The molecule has 0 radical (unpaired) electrons. The van der Waals surface area contributed by atoms with Crippen LogP contribution in [0.1, 0.15) is 11.1 Å². The molecule has 7 heteroatoms. The first-order valence-corrected chi connectivity index (χ1v) is 8.25. The summed E-state index contributed by atoms with van der Waals surface area (Å²) >= 11 is 11.7. The molecule has 26 heavy (non-hydrogen) atoms. The third-order valence-corrected chi connectivity index (χ3v) is 4.01. The monoisotopic (exact) mass is 388 g/mol. The first-order chi connectivity index (χ1) is 12.4. The molecular formula is C19H14Cl2N2O3. The standard InChI is InChI=1S/C19H14Cl2N2O3/c1-12-2-4-13(5-3-12)8-14(10-22)19(25)26-11-18(24)23-15-6-7-16(20)17(21)9-15/h2-9H,11H2,1H3,(H,23,24)/b14-8+. The quantitative estimate of drug-likeness (QED) is 0.467. The highest BCUT2D eigenvalue weighted by molar-refractivity contribution is 6.42. The summed E-state index contributed by atoms with van der Waals surface area (Å²) in [6, 6.07) is 13.6. The van der Waals surface area contributed by atoms with Crippen molar-refractivity contribution in [3.8, 4) is 6.07 Å². The molecule has 0 saturated carbocycles. The van der Waals surface area contributed by atoms with E-state index in [0.29, 0.717) is 16.3 Å². The third kappa shape index (κ3) is 5.62. The summed E-state index contributed by atoms with van der Waals surface area (Å²) in [4.78, 5) is 23.8. The highest BCUT2D eigenvalue weighted by Gasteiger charge is 2.13. The van der Waals surface area contributed by atoms with Crippen LogP contribution in [-0.2, 0) is 14.3 Å². The number of rotatable bonds is 5. The smallest absolute Gasteiger partial charge is 0.349 e. The Labute approximate surface area is 160 Å². The number of aryl methyl sites for hydroxylation is 1. The van der Waals surface area contributed by atoms with E-state index in [2.05, 4.69) is 5.32 Å². The van der Waals surface area contributed by atoms with Crippen molar-refractivity contribution in [2.24, 2.45) is 0 Å². The molecule has 0 spiro atoms. The van der Waals surface area contributed by atoms with Crippen LogP contribution in [0.5, 0.6) is 0 Å². The van der Waals surface area contributed by atoms with E-state index < -0.39 is 18.5 Å². The molecule has 0 bridgehead atoms. The second kappa shape index (κ2) is 9.04. The van der Waals surface area contributed by atoms with Gasteiger partial charge in [0.15, 0.2) is 6.61 Å². The van der Waals surface area contributed by atoms with Crippen molar-refractivity contribution in [3.05, 3.63) is 69.2 Å². The van der Waals surface area contributed by atoms with Crippen LogP contribution in [0.15, 0.2) is 48.0 Å². The SMILES string of the molecule is Cc1ccc(/C=C(\C#N)C(=O)OCC(=O)Nc2ccc(Cl)c(Cl)c2)cc1. The van der Waals surface area contributed by atoms with Crippen molar-refractivity contribution < 1.29 is 14.3 Å². The summed E-state index contributed by atoms with van der Waals surface area (Å²) in [7, 11) is 0. The molecule has 1 amide bonds. The summed E-state index contributed by atoms with van der Waals surface area (Å²) < 4.78 is 4.88. The van der Waals surface area contributed by atoms with Gasteiger partial charge >= 0.3 is 5.97 Å². The Balaban J connectivity index is 1.95. The first-order valence-electron chi connectivity index (χ1n) is 7.49. The van der Waals surface area contributed by atoms with Crippen LogP contribution in [-0.4, -0.2) is 18.5 Å². The lowest BCUT2D eigenvalue weighted by atomic mass is 10.1.